The molecule has 5 nitrogen and oxygen atoms in total. The first kappa shape index (κ1) is 15.6. The second kappa shape index (κ2) is 7.83. The van der Waals surface area contributed by atoms with Gasteiger partial charge in [0.2, 0.25) is 0 Å². The summed E-state index contributed by atoms with van der Waals surface area (Å²) in [5.74, 6) is -0.109. The van der Waals surface area contributed by atoms with Gasteiger partial charge in [-0.1, -0.05) is 25.1 Å². The first-order valence-corrected chi connectivity index (χ1v) is 7.20. The van der Waals surface area contributed by atoms with Crippen molar-refractivity contribution in [2.24, 2.45) is 0 Å². The van der Waals surface area contributed by atoms with Crippen molar-refractivity contribution in [2.75, 3.05) is 17.2 Å². The van der Waals surface area contributed by atoms with Crippen molar-refractivity contribution in [2.45, 2.75) is 13.3 Å². The van der Waals surface area contributed by atoms with Crippen LogP contribution in [0.25, 0.3) is 0 Å². The third kappa shape index (κ3) is 4.63. The maximum absolute atomic E-state index is 11.8. The van der Waals surface area contributed by atoms with Gasteiger partial charge in [0, 0.05) is 23.5 Å². The van der Waals surface area contributed by atoms with E-state index in [-0.39, 0.29) is 11.9 Å². The zero-order valence-corrected chi connectivity index (χ0v) is 12.4. The van der Waals surface area contributed by atoms with Gasteiger partial charge in [-0.05, 0) is 42.8 Å². The number of benzene rings is 2. The SMILES string of the molecule is CCCNC(=O)c1ccc(NC(=O)Nc2ccccc2)cc1. The highest BCUT2D eigenvalue weighted by molar-refractivity contribution is 6.00. The molecule has 0 aromatic heterocycles. The predicted octanol–water partition coefficient (Wildman–Crippen LogP) is 3.47. The van der Waals surface area contributed by atoms with Gasteiger partial charge in [0.25, 0.3) is 5.91 Å². The maximum Gasteiger partial charge on any atom is 0.323 e. The molecular formula is C17H19N3O2. The van der Waals surface area contributed by atoms with E-state index in [9.17, 15) is 9.59 Å². The van der Waals surface area contributed by atoms with Crippen molar-refractivity contribution in [1.29, 1.82) is 0 Å². The minimum Gasteiger partial charge on any atom is -0.352 e. The lowest BCUT2D eigenvalue weighted by Crippen LogP contribution is -2.24. The zero-order chi connectivity index (χ0) is 15.8. The molecule has 0 fully saturated rings. The highest BCUT2D eigenvalue weighted by Gasteiger charge is 2.06. The number of hydrogen-bond acceptors (Lipinski definition) is 2. The molecule has 0 radical (unpaired) electrons. The largest absolute Gasteiger partial charge is 0.352 e. The second-order valence-corrected chi connectivity index (χ2v) is 4.78. The van der Waals surface area contributed by atoms with E-state index in [0.29, 0.717) is 17.8 Å². The highest BCUT2D eigenvalue weighted by Crippen LogP contribution is 2.11. The van der Waals surface area contributed by atoms with Gasteiger partial charge in [0.15, 0.2) is 0 Å². The maximum atomic E-state index is 11.8. The molecule has 0 saturated heterocycles. The first-order valence-electron chi connectivity index (χ1n) is 7.20. The lowest BCUT2D eigenvalue weighted by molar-refractivity contribution is 0.0953. The van der Waals surface area contributed by atoms with Crippen molar-refractivity contribution in [3.05, 3.63) is 60.2 Å². The van der Waals surface area contributed by atoms with Gasteiger partial charge < -0.3 is 16.0 Å². The van der Waals surface area contributed by atoms with Crippen molar-refractivity contribution in [1.82, 2.24) is 5.32 Å². The van der Waals surface area contributed by atoms with Crippen molar-refractivity contribution < 1.29 is 9.59 Å². The molecule has 2 aromatic carbocycles. The summed E-state index contributed by atoms with van der Waals surface area (Å²) >= 11 is 0. The van der Waals surface area contributed by atoms with Gasteiger partial charge in [0.05, 0.1) is 0 Å². The number of urea groups is 1. The molecule has 0 saturated carbocycles. The Kier molecular flexibility index (Phi) is 5.54. The van der Waals surface area contributed by atoms with Crippen LogP contribution < -0.4 is 16.0 Å². The summed E-state index contributed by atoms with van der Waals surface area (Å²) in [6, 6.07) is 15.6. The minimum atomic E-state index is -0.325. The molecule has 0 aliphatic carbocycles. The number of nitrogens with one attached hydrogen (secondary N) is 3. The third-order valence-electron chi connectivity index (χ3n) is 2.97. The number of carbonyl (C=O) groups is 2. The Bertz CT molecular complexity index is 624. The van der Waals surface area contributed by atoms with E-state index in [1.807, 2.05) is 25.1 Å². The fraction of sp³-hybridized carbons (Fsp3) is 0.176. The standard InChI is InChI=1S/C17H19N3O2/c1-2-12-18-16(21)13-8-10-15(11-9-13)20-17(22)19-14-6-4-3-5-7-14/h3-11H,2,12H2,1H3,(H,18,21)(H2,19,20,22). The molecule has 3 amide bonds. The fourth-order valence-corrected chi connectivity index (χ4v) is 1.86. The Morgan fingerprint density at radius 1 is 0.864 bits per heavy atom. The number of para-hydroxylation sites is 1. The molecular weight excluding hydrogens is 278 g/mol. The fourth-order valence-electron chi connectivity index (χ4n) is 1.86. The van der Waals surface area contributed by atoms with E-state index >= 15 is 0 Å². The third-order valence-corrected chi connectivity index (χ3v) is 2.97. The van der Waals surface area contributed by atoms with Crippen LogP contribution in [-0.2, 0) is 0 Å². The predicted molar refractivity (Wildman–Crippen MR) is 88.1 cm³/mol. The summed E-state index contributed by atoms with van der Waals surface area (Å²) in [6.45, 7) is 2.65. The summed E-state index contributed by atoms with van der Waals surface area (Å²) in [6.07, 6.45) is 0.894. The summed E-state index contributed by atoms with van der Waals surface area (Å²) in [4.78, 5) is 23.6. The number of hydrogen-bond donors (Lipinski definition) is 3. The summed E-state index contributed by atoms with van der Waals surface area (Å²) < 4.78 is 0. The van der Waals surface area contributed by atoms with E-state index in [2.05, 4.69) is 16.0 Å². The number of carbonyl (C=O) groups excluding carboxylic acids is 2. The lowest BCUT2D eigenvalue weighted by atomic mass is 10.2. The Morgan fingerprint density at radius 2 is 1.45 bits per heavy atom. The monoisotopic (exact) mass is 297 g/mol. The number of anilines is 2. The van der Waals surface area contributed by atoms with Crippen LogP contribution in [0.15, 0.2) is 54.6 Å². The van der Waals surface area contributed by atoms with Crippen LogP contribution in [-0.4, -0.2) is 18.5 Å². The van der Waals surface area contributed by atoms with E-state index < -0.39 is 0 Å². The van der Waals surface area contributed by atoms with Gasteiger partial charge in [-0.15, -0.1) is 0 Å². The van der Waals surface area contributed by atoms with Crippen molar-refractivity contribution in [3.63, 3.8) is 0 Å². The van der Waals surface area contributed by atoms with E-state index in [1.54, 1.807) is 36.4 Å². The molecule has 0 heterocycles. The average Bonchev–Trinajstić information content (AvgIpc) is 2.54. The average molecular weight is 297 g/mol. The molecule has 0 spiro atoms. The van der Waals surface area contributed by atoms with Crippen LogP contribution in [0.2, 0.25) is 0 Å². The topological polar surface area (TPSA) is 70.2 Å². The minimum absolute atomic E-state index is 0.109. The molecule has 2 rings (SSSR count). The van der Waals surface area contributed by atoms with Gasteiger partial charge in [-0.25, -0.2) is 4.79 Å². The van der Waals surface area contributed by atoms with Gasteiger partial charge in [-0.3, -0.25) is 4.79 Å². The van der Waals surface area contributed by atoms with Gasteiger partial charge in [-0.2, -0.15) is 0 Å². The molecule has 0 bridgehead atoms. The Balaban J connectivity index is 1.90. The quantitative estimate of drug-likeness (QED) is 0.791. The Labute approximate surface area is 129 Å². The molecule has 0 aliphatic rings. The normalized spacial score (nSPS) is 9.86. The van der Waals surface area contributed by atoms with Crippen LogP contribution in [0.5, 0.6) is 0 Å². The number of amides is 3. The van der Waals surface area contributed by atoms with Gasteiger partial charge in [0.1, 0.15) is 0 Å². The second-order valence-electron chi connectivity index (χ2n) is 4.78. The lowest BCUT2D eigenvalue weighted by Gasteiger charge is -2.08. The molecule has 2 aromatic rings. The molecule has 0 atom stereocenters. The first-order chi connectivity index (χ1) is 10.7. The smallest absolute Gasteiger partial charge is 0.323 e. The molecule has 22 heavy (non-hydrogen) atoms. The highest BCUT2D eigenvalue weighted by atomic mass is 16.2. The molecule has 5 heteroatoms. The molecule has 114 valence electrons. The van der Waals surface area contributed by atoms with E-state index in [0.717, 1.165) is 12.1 Å². The van der Waals surface area contributed by atoms with Crippen LogP contribution in [0, 0.1) is 0 Å². The zero-order valence-electron chi connectivity index (χ0n) is 12.4. The van der Waals surface area contributed by atoms with Crippen LogP contribution in [0.3, 0.4) is 0 Å². The van der Waals surface area contributed by atoms with Crippen LogP contribution in [0.1, 0.15) is 23.7 Å². The van der Waals surface area contributed by atoms with Crippen LogP contribution >= 0.6 is 0 Å². The summed E-state index contributed by atoms with van der Waals surface area (Å²) in [5.41, 5.74) is 1.92. The van der Waals surface area contributed by atoms with Crippen molar-refractivity contribution >= 4 is 23.3 Å². The van der Waals surface area contributed by atoms with Gasteiger partial charge >= 0.3 is 6.03 Å². The van der Waals surface area contributed by atoms with Crippen molar-refractivity contribution in [3.8, 4) is 0 Å². The Hall–Kier alpha value is -2.82. The molecule has 0 unspecified atom stereocenters. The van der Waals surface area contributed by atoms with Crippen LogP contribution in [0.4, 0.5) is 16.2 Å². The number of rotatable bonds is 5. The molecule has 3 N–H and O–H groups in total. The summed E-state index contributed by atoms with van der Waals surface area (Å²) in [7, 11) is 0. The van der Waals surface area contributed by atoms with E-state index in [1.165, 1.54) is 0 Å². The Morgan fingerprint density at radius 3 is 2.05 bits per heavy atom. The summed E-state index contributed by atoms with van der Waals surface area (Å²) in [5, 5.41) is 8.25. The van der Waals surface area contributed by atoms with E-state index in [4.69, 9.17) is 0 Å². The molecule has 0 aliphatic heterocycles.